The van der Waals surface area contributed by atoms with Crippen LogP contribution < -0.4 is 5.56 Å². The molecule has 0 spiro atoms. The lowest BCUT2D eigenvalue weighted by atomic mass is 10.2. The van der Waals surface area contributed by atoms with Crippen LogP contribution in [0.4, 0.5) is 0 Å². The molecule has 146 valence electrons. The molecule has 4 aromatic rings. The van der Waals surface area contributed by atoms with Crippen molar-refractivity contribution < 1.29 is 14.1 Å². The first-order valence-corrected chi connectivity index (χ1v) is 9.79. The van der Waals surface area contributed by atoms with Crippen molar-refractivity contribution in [2.24, 2.45) is 0 Å². The third-order valence-corrected chi connectivity index (χ3v) is 5.23. The summed E-state index contributed by atoms with van der Waals surface area (Å²) in [5.74, 6) is -0.151. The van der Waals surface area contributed by atoms with E-state index in [0.717, 1.165) is 10.2 Å². The quantitative estimate of drug-likeness (QED) is 0.425. The van der Waals surface area contributed by atoms with Crippen molar-refractivity contribution in [3.8, 4) is 17.1 Å². The fourth-order valence-electron chi connectivity index (χ4n) is 2.44. The number of hydrogen-bond acceptors (Lipinski definition) is 8. The smallest absolute Gasteiger partial charge is 0.340 e. The number of benzene rings is 1. The number of aromatic nitrogens is 4. The van der Waals surface area contributed by atoms with Gasteiger partial charge >= 0.3 is 5.97 Å². The number of rotatable bonds is 5. The van der Waals surface area contributed by atoms with E-state index in [4.69, 9.17) is 32.5 Å². The Kier molecular flexibility index (Phi) is 5.43. The lowest BCUT2D eigenvalue weighted by Gasteiger charge is -2.10. The van der Waals surface area contributed by atoms with Gasteiger partial charge in [-0.25, -0.2) is 4.79 Å². The lowest BCUT2D eigenvalue weighted by Crippen LogP contribution is -2.23. The molecule has 4 rings (SSSR count). The highest BCUT2D eigenvalue weighted by Crippen LogP contribution is 2.20. The van der Waals surface area contributed by atoms with E-state index in [9.17, 15) is 9.59 Å². The second kappa shape index (κ2) is 8.16. The Balaban J connectivity index is 1.56. The predicted octanol–water partition coefficient (Wildman–Crippen LogP) is 4.01. The third-order valence-electron chi connectivity index (χ3n) is 3.80. The normalized spacial score (nSPS) is 10.8. The van der Waals surface area contributed by atoms with Crippen LogP contribution in [-0.4, -0.2) is 25.9 Å². The van der Waals surface area contributed by atoms with Crippen LogP contribution in [0.25, 0.3) is 17.1 Å². The molecule has 0 aliphatic rings. The highest BCUT2D eigenvalue weighted by Gasteiger charge is 2.19. The monoisotopic (exact) mass is 448 g/mol. The summed E-state index contributed by atoms with van der Waals surface area (Å²) in [5, 5.41) is 11.4. The zero-order valence-electron chi connectivity index (χ0n) is 14.4. The van der Waals surface area contributed by atoms with Gasteiger partial charge in [-0.15, -0.1) is 0 Å². The Morgan fingerprint density at radius 2 is 2.07 bits per heavy atom. The van der Waals surface area contributed by atoms with Crippen molar-refractivity contribution in [2.75, 3.05) is 0 Å². The topological polar surface area (TPSA) is 100 Å². The summed E-state index contributed by atoms with van der Waals surface area (Å²) in [5.41, 5.74) is 0.465. The Hall–Kier alpha value is -3.01. The maximum atomic E-state index is 12.6. The van der Waals surface area contributed by atoms with E-state index in [2.05, 4.69) is 15.2 Å². The molecule has 0 fully saturated rings. The van der Waals surface area contributed by atoms with Crippen LogP contribution in [0.3, 0.4) is 0 Å². The number of nitrogens with zero attached hydrogens (tertiary/aromatic N) is 4. The fourth-order valence-corrected chi connectivity index (χ4v) is 3.33. The van der Waals surface area contributed by atoms with Gasteiger partial charge in [0.2, 0.25) is 5.82 Å². The van der Waals surface area contributed by atoms with E-state index in [1.165, 1.54) is 29.7 Å². The molecule has 0 atom stereocenters. The number of halogens is 2. The first kappa shape index (κ1) is 19.3. The van der Waals surface area contributed by atoms with Crippen molar-refractivity contribution in [3.63, 3.8) is 0 Å². The van der Waals surface area contributed by atoms with Crippen LogP contribution in [0.15, 0.2) is 56.6 Å². The van der Waals surface area contributed by atoms with Crippen LogP contribution >= 0.6 is 34.5 Å². The van der Waals surface area contributed by atoms with Crippen molar-refractivity contribution in [1.29, 1.82) is 0 Å². The molecular weight excluding hydrogens is 439 g/mol. The van der Waals surface area contributed by atoms with Gasteiger partial charge in [0, 0.05) is 10.9 Å². The number of para-hydroxylation sites is 1. The minimum absolute atomic E-state index is 0.0193. The summed E-state index contributed by atoms with van der Waals surface area (Å²) in [7, 11) is 0. The van der Waals surface area contributed by atoms with E-state index in [0.29, 0.717) is 5.82 Å². The van der Waals surface area contributed by atoms with Gasteiger partial charge in [-0.3, -0.25) is 4.79 Å². The maximum Gasteiger partial charge on any atom is 0.340 e. The molecule has 3 heterocycles. The predicted molar refractivity (Wildman–Crippen MR) is 107 cm³/mol. The number of hydrogen-bond donors (Lipinski definition) is 0. The second-order valence-electron chi connectivity index (χ2n) is 5.64. The average molecular weight is 449 g/mol. The van der Waals surface area contributed by atoms with Gasteiger partial charge in [-0.05, 0) is 23.6 Å². The summed E-state index contributed by atoms with van der Waals surface area (Å²) in [4.78, 5) is 29.1. The number of esters is 1. The highest BCUT2D eigenvalue weighted by molar-refractivity contribution is 7.08. The number of ether oxygens (including phenoxy) is 1. The molecule has 0 amide bonds. The molecule has 0 saturated carbocycles. The van der Waals surface area contributed by atoms with Crippen molar-refractivity contribution in [3.05, 3.63) is 79.1 Å². The Labute approximate surface area is 177 Å². The Morgan fingerprint density at radius 3 is 2.86 bits per heavy atom. The number of carbonyl (C=O) groups is 1. The number of carbonyl (C=O) groups excluding carboxylic acids is 1. The molecular formula is C18H10Cl2N4O4S. The average Bonchev–Trinajstić information content (AvgIpc) is 3.42. The lowest BCUT2D eigenvalue weighted by molar-refractivity contribution is 0.0429. The van der Waals surface area contributed by atoms with Crippen LogP contribution in [0.2, 0.25) is 10.0 Å². The Bertz CT molecular complexity index is 1240. The molecule has 0 N–H and O–H groups in total. The summed E-state index contributed by atoms with van der Waals surface area (Å²) >= 11 is 13.2. The standard InChI is InChI=1S/C18H10Cl2N4O4S/c19-12-7-21-24(17(25)15(12)20)13-4-2-1-3-11(13)18(26)27-8-14-22-16(23-28-14)10-5-6-29-9-10/h1-7,9H,8H2. The molecule has 8 nitrogen and oxygen atoms in total. The van der Waals surface area contributed by atoms with Crippen molar-refractivity contribution in [2.45, 2.75) is 6.61 Å². The van der Waals surface area contributed by atoms with Crippen LogP contribution in [-0.2, 0) is 11.3 Å². The molecule has 0 radical (unpaired) electrons. The van der Waals surface area contributed by atoms with Crippen LogP contribution in [0.5, 0.6) is 0 Å². The Morgan fingerprint density at radius 1 is 1.24 bits per heavy atom. The van der Waals surface area contributed by atoms with Gasteiger partial charge in [0.1, 0.15) is 5.02 Å². The summed E-state index contributed by atoms with van der Waals surface area (Å²) < 4.78 is 11.3. The van der Waals surface area contributed by atoms with Crippen molar-refractivity contribution in [1.82, 2.24) is 19.9 Å². The van der Waals surface area contributed by atoms with Crippen LogP contribution in [0, 0.1) is 0 Å². The van der Waals surface area contributed by atoms with Gasteiger partial charge in [-0.1, -0.05) is 40.5 Å². The van der Waals surface area contributed by atoms with Gasteiger partial charge in [-0.2, -0.15) is 26.1 Å². The third kappa shape index (κ3) is 3.93. The first-order valence-electron chi connectivity index (χ1n) is 8.09. The van der Waals surface area contributed by atoms with E-state index in [-0.39, 0.29) is 33.8 Å². The van der Waals surface area contributed by atoms with Gasteiger partial charge < -0.3 is 9.26 Å². The van der Waals surface area contributed by atoms with E-state index >= 15 is 0 Å². The molecule has 0 aliphatic carbocycles. The van der Waals surface area contributed by atoms with Crippen LogP contribution in [0.1, 0.15) is 16.2 Å². The minimum Gasteiger partial charge on any atom is -0.452 e. The SMILES string of the molecule is O=C(OCc1nc(-c2ccsc2)no1)c1ccccc1-n1ncc(Cl)c(Cl)c1=O. The summed E-state index contributed by atoms with van der Waals surface area (Å²) in [6, 6.07) is 8.16. The zero-order chi connectivity index (χ0) is 20.4. The van der Waals surface area contributed by atoms with E-state index in [1.54, 1.807) is 12.1 Å². The molecule has 0 saturated heterocycles. The highest BCUT2D eigenvalue weighted by atomic mass is 35.5. The second-order valence-corrected chi connectivity index (χ2v) is 7.21. The van der Waals surface area contributed by atoms with Gasteiger partial charge in [0.15, 0.2) is 6.61 Å². The molecule has 1 aromatic carbocycles. The van der Waals surface area contributed by atoms with Crippen molar-refractivity contribution >= 4 is 40.5 Å². The minimum atomic E-state index is -0.698. The molecule has 0 aliphatic heterocycles. The summed E-state index contributed by atoms with van der Waals surface area (Å²) in [6.07, 6.45) is 1.22. The number of thiophene rings is 1. The van der Waals surface area contributed by atoms with Gasteiger partial charge in [0.05, 0.1) is 22.5 Å². The maximum absolute atomic E-state index is 12.6. The molecule has 29 heavy (non-hydrogen) atoms. The van der Waals surface area contributed by atoms with E-state index in [1.807, 2.05) is 16.8 Å². The summed E-state index contributed by atoms with van der Waals surface area (Å²) in [6.45, 7) is -0.228. The molecule has 0 unspecified atom stereocenters. The molecule has 0 bridgehead atoms. The molecule has 11 heteroatoms. The zero-order valence-corrected chi connectivity index (χ0v) is 16.7. The molecule has 3 aromatic heterocycles. The fraction of sp³-hybridized carbons (Fsp3) is 0.0556. The van der Waals surface area contributed by atoms with Gasteiger partial charge in [0.25, 0.3) is 11.4 Å². The first-order chi connectivity index (χ1) is 14.0. The largest absolute Gasteiger partial charge is 0.452 e. The van der Waals surface area contributed by atoms with E-state index < -0.39 is 11.5 Å².